The van der Waals surface area contributed by atoms with Gasteiger partial charge in [0.1, 0.15) is 12.3 Å². The molecule has 2 aromatic carbocycles. The molecule has 24 heavy (non-hydrogen) atoms. The van der Waals surface area contributed by atoms with E-state index in [0.29, 0.717) is 0 Å². The van der Waals surface area contributed by atoms with Gasteiger partial charge in [-0.2, -0.15) is 0 Å². The molecule has 1 heterocycles. The monoisotopic (exact) mass is 387 g/mol. The number of amides is 2. The normalized spacial score (nSPS) is 10.7. The van der Waals surface area contributed by atoms with Gasteiger partial charge in [0.2, 0.25) is 11.8 Å². The molecule has 1 aromatic heterocycles. The minimum absolute atomic E-state index is 0.0993. The number of nitrogens with zero attached hydrogens (tertiary/aromatic N) is 1. The summed E-state index contributed by atoms with van der Waals surface area (Å²) in [6, 6.07) is 11.8. The molecule has 0 aliphatic carbocycles. The summed E-state index contributed by atoms with van der Waals surface area (Å²) in [5.41, 5.74) is 6.48. The zero-order chi connectivity index (χ0) is 17.3. The smallest absolute Gasteiger partial charge is 0.248 e. The van der Waals surface area contributed by atoms with E-state index in [1.807, 2.05) is 35.0 Å². The topological polar surface area (TPSA) is 97.4 Å². The number of hydrogen-bond donors (Lipinski definition) is 3. The molecule has 0 bridgehead atoms. The quantitative estimate of drug-likeness (QED) is 0.600. The lowest BCUT2D eigenvalue weighted by atomic mass is 10.2. The van der Waals surface area contributed by atoms with Gasteiger partial charge in [0.15, 0.2) is 0 Å². The fourth-order valence-electron chi connectivity index (χ4n) is 2.44. The number of aromatic hydroxyl groups is 1. The second-order valence-corrected chi connectivity index (χ2v) is 6.21. The fourth-order valence-corrected chi connectivity index (χ4v) is 2.82. The Balaban J connectivity index is 1.76. The van der Waals surface area contributed by atoms with Gasteiger partial charge < -0.3 is 20.7 Å². The highest BCUT2D eigenvalue weighted by Gasteiger charge is 2.11. The summed E-state index contributed by atoms with van der Waals surface area (Å²) in [7, 11) is 0. The first-order valence-electron chi connectivity index (χ1n) is 7.11. The van der Waals surface area contributed by atoms with E-state index in [1.165, 1.54) is 18.2 Å². The summed E-state index contributed by atoms with van der Waals surface area (Å²) < 4.78 is 2.78. The van der Waals surface area contributed by atoms with Crippen LogP contribution in [0.15, 0.2) is 53.1 Å². The predicted molar refractivity (Wildman–Crippen MR) is 94.9 cm³/mol. The highest BCUT2D eigenvalue weighted by atomic mass is 79.9. The molecule has 0 radical (unpaired) electrons. The maximum atomic E-state index is 12.2. The third-order valence-corrected chi connectivity index (χ3v) is 4.10. The van der Waals surface area contributed by atoms with Gasteiger partial charge >= 0.3 is 0 Å². The molecule has 0 spiro atoms. The van der Waals surface area contributed by atoms with Crippen molar-refractivity contribution in [3.05, 3.63) is 58.7 Å². The molecule has 0 fully saturated rings. The number of hydrogen-bond acceptors (Lipinski definition) is 3. The first kappa shape index (κ1) is 16.1. The van der Waals surface area contributed by atoms with Crippen molar-refractivity contribution < 1.29 is 14.7 Å². The van der Waals surface area contributed by atoms with Crippen molar-refractivity contribution in [2.75, 3.05) is 5.32 Å². The molecule has 2 amide bonds. The van der Waals surface area contributed by atoms with Crippen molar-refractivity contribution in [2.45, 2.75) is 6.54 Å². The number of halogens is 1. The molecular weight excluding hydrogens is 374 g/mol. The van der Waals surface area contributed by atoms with Crippen LogP contribution in [0.5, 0.6) is 5.75 Å². The van der Waals surface area contributed by atoms with Gasteiger partial charge in [0, 0.05) is 27.1 Å². The summed E-state index contributed by atoms with van der Waals surface area (Å²) in [5.74, 6) is -1.15. The van der Waals surface area contributed by atoms with Gasteiger partial charge in [-0.3, -0.25) is 9.59 Å². The molecule has 6 nitrogen and oxygen atoms in total. The minimum atomic E-state index is -0.645. The molecule has 0 unspecified atom stereocenters. The zero-order valence-corrected chi connectivity index (χ0v) is 14.1. The van der Waals surface area contributed by atoms with E-state index >= 15 is 0 Å². The van der Waals surface area contributed by atoms with E-state index in [0.717, 1.165) is 15.4 Å². The number of phenolic OH excluding ortho intramolecular Hbond substituents is 1. The van der Waals surface area contributed by atoms with Crippen LogP contribution in [0.4, 0.5) is 5.69 Å². The molecule has 0 saturated carbocycles. The van der Waals surface area contributed by atoms with Crippen molar-refractivity contribution in [1.29, 1.82) is 0 Å². The van der Waals surface area contributed by atoms with Crippen LogP contribution < -0.4 is 11.1 Å². The van der Waals surface area contributed by atoms with Crippen LogP contribution in [0.3, 0.4) is 0 Å². The fraction of sp³-hybridized carbons (Fsp3) is 0.0588. The summed E-state index contributed by atoms with van der Waals surface area (Å²) in [5, 5.41) is 13.5. The number of fused-ring (bicyclic) bond motifs is 1. The van der Waals surface area contributed by atoms with Crippen LogP contribution in [0, 0.1) is 0 Å². The van der Waals surface area contributed by atoms with Gasteiger partial charge in [-0.1, -0.05) is 15.9 Å². The molecule has 0 aliphatic heterocycles. The number of anilines is 1. The molecule has 0 atom stereocenters. The van der Waals surface area contributed by atoms with E-state index in [1.54, 1.807) is 0 Å². The van der Waals surface area contributed by atoms with Crippen LogP contribution in [-0.4, -0.2) is 21.5 Å². The number of carbonyl (C=O) groups is 2. The van der Waals surface area contributed by atoms with E-state index in [4.69, 9.17) is 5.73 Å². The van der Waals surface area contributed by atoms with Gasteiger partial charge in [-0.05, 0) is 42.5 Å². The number of benzene rings is 2. The second-order valence-electron chi connectivity index (χ2n) is 5.29. The van der Waals surface area contributed by atoms with E-state index < -0.39 is 5.91 Å². The van der Waals surface area contributed by atoms with Gasteiger partial charge in [0.25, 0.3) is 0 Å². The first-order chi connectivity index (χ1) is 11.4. The Kier molecular flexibility index (Phi) is 4.26. The Labute approximate surface area is 146 Å². The van der Waals surface area contributed by atoms with Crippen LogP contribution in [-0.2, 0) is 11.3 Å². The molecule has 3 rings (SSSR count). The molecule has 3 aromatic rings. The summed E-state index contributed by atoms with van der Waals surface area (Å²) in [6.45, 7) is 0.0993. The molecule has 0 aliphatic rings. The molecule has 4 N–H and O–H groups in total. The lowest BCUT2D eigenvalue weighted by Crippen LogP contribution is -2.18. The second kappa shape index (κ2) is 6.37. The number of nitrogens with one attached hydrogen (secondary N) is 1. The Bertz CT molecular complexity index is 949. The van der Waals surface area contributed by atoms with Gasteiger partial charge in [-0.25, -0.2) is 0 Å². The minimum Gasteiger partial charge on any atom is -0.506 e. The first-order valence-corrected chi connectivity index (χ1v) is 7.90. The Morgan fingerprint density at radius 2 is 1.96 bits per heavy atom. The standard InChI is InChI=1S/C17H14BrN3O3/c18-12-2-4-14-10(7-12)5-6-21(14)9-16(23)20-13-3-1-11(17(19)24)8-15(13)22/h1-8,22H,9H2,(H2,19,24)(H,20,23). The molecule has 7 heteroatoms. The summed E-state index contributed by atoms with van der Waals surface area (Å²) >= 11 is 3.41. The van der Waals surface area contributed by atoms with Crippen molar-refractivity contribution in [2.24, 2.45) is 5.73 Å². The Hall–Kier alpha value is -2.80. The zero-order valence-electron chi connectivity index (χ0n) is 12.5. The van der Waals surface area contributed by atoms with E-state index in [-0.39, 0.29) is 29.5 Å². The van der Waals surface area contributed by atoms with Crippen molar-refractivity contribution in [3.63, 3.8) is 0 Å². The third kappa shape index (κ3) is 3.26. The van der Waals surface area contributed by atoms with Crippen molar-refractivity contribution >= 4 is 44.3 Å². The largest absolute Gasteiger partial charge is 0.506 e. The summed E-state index contributed by atoms with van der Waals surface area (Å²) in [6.07, 6.45) is 1.83. The number of primary amides is 1. The number of carbonyl (C=O) groups excluding carboxylic acids is 2. The number of aromatic nitrogens is 1. The maximum absolute atomic E-state index is 12.2. The summed E-state index contributed by atoms with van der Waals surface area (Å²) in [4.78, 5) is 23.3. The van der Waals surface area contributed by atoms with E-state index in [2.05, 4.69) is 21.2 Å². The van der Waals surface area contributed by atoms with E-state index in [9.17, 15) is 14.7 Å². The van der Waals surface area contributed by atoms with Crippen molar-refractivity contribution in [1.82, 2.24) is 4.57 Å². The number of nitrogens with two attached hydrogens (primary N) is 1. The lowest BCUT2D eigenvalue weighted by molar-refractivity contribution is -0.116. The maximum Gasteiger partial charge on any atom is 0.248 e. The van der Waals surface area contributed by atoms with Gasteiger partial charge in [0.05, 0.1) is 5.69 Å². The van der Waals surface area contributed by atoms with Crippen LogP contribution >= 0.6 is 15.9 Å². The Morgan fingerprint density at radius 3 is 2.67 bits per heavy atom. The lowest BCUT2D eigenvalue weighted by Gasteiger charge is -2.09. The van der Waals surface area contributed by atoms with Gasteiger partial charge in [-0.15, -0.1) is 0 Å². The Morgan fingerprint density at radius 1 is 1.17 bits per heavy atom. The molecule has 0 saturated heterocycles. The average Bonchev–Trinajstić information content (AvgIpc) is 2.91. The number of phenols is 1. The van der Waals surface area contributed by atoms with Crippen LogP contribution in [0.1, 0.15) is 10.4 Å². The average molecular weight is 388 g/mol. The van der Waals surface area contributed by atoms with Crippen molar-refractivity contribution in [3.8, 4) is 5.75 Å². The highest BCUT2D eigenvalue weighted by Crippen LogP contribution is 2.25. The highest BCUT2D eigenvalue weighted by molar-refractivity contribution is 9.10. The molecular formula is C17H14BrN3O3. The van der Waals surface area contributed by atoms with Crippen LogP contribution in [0.2, 0.25) is 0 Å². The SMILES string of the molecule is NC(=O)c1ccc(NC(=O)Cn2ccc3cc(Br)ccc32)c(O)c1. The van der Waals surface area contributed by atoms with Crippen LogP contribution in [0.25, 0.3) is 10.9 Å². The third-order valence-electron chi connectivity index (χ3n) is 3.60. The number of rotatable bonds is 4. The predicted octanol–water partition coefficient (Wildman–Crippen LogP) is 2.85. The molecule has 122 valence electrons.